The number of piperidine rings is 1. The molecule has 0 unspecified atom stereocenters. The van der Waals surface area contributed by atoms with E-state index in [2.05, 4.69) is 29.4 Å². The third kappa shape index (κ3) is 5.13. The van der Waals surface area contributed by atoms with Crippen molar-refractivity contribution in [2.24, 2.45) is 5.92 Å². The SMILES string of the molecule is CN1[C@H]2CC[C@@H]1[C@H]1COC(=O)CCCCCCC(=O)Nc3ccc(cc3)[C@H]1C2.Cl. The van der Waals surface area contributed by atoms with Crippen LogP contribution < -0.4 is 5.32 Å². The lowest BCUT2D eigenvalue weighted by Crippen LogP contribution is -2.47. The molecule has 4 heterocycles. The van der Waals surface area contributed by atoms with Crippen LogP contribution in [0.15, 0.2) is 24.3 Å². The average Bonchev–Trinajstić information content (AvgIpc) is 2.93. The van der Waals surface area contributed by atoms with Crippen molar-refractivity contribution in [3.8, 4) is 0 Å². The van der Waals surface area contributed by atoms with Crippen LogP contribution in [0.4, 0.5) is 5.69 Å². The maximum Gasteiger partial charge on any atom is 0.305 e. The third-order valence-corrected chi connectivity index (χ3v) is 7.03. The molecule has 29 heavy (non-hydrogen) atoms. The minimum atomic E-state index is -0.0704. The van der Waals surface area contributed by atoms with Crippen LogP contribution in [-0.4, -0.2) is 42.5 Å². The van der Waals surface area contributed by atoms with E-state index in [9.17, 15) is 9.59 Å². The summed E-state index contributed by atoms with van der Waals surface area (Å²) in [6.45, 7) is 0.518. The summed E-state index contributed by atoms with van der Waals surface area (Å²) in [6.07, 6.45) is 8.20. The minimum absolute atomic E-state index is 0. The normalized spacial score (nSPS) is 31.2. The molecular formula is C23H33ClN2O3. The first-order valence-electron chi connectivity index (χ1n) is 10.9. The van der Waals surface area contributed by atoms with Gasteiger partial charge in [0, 0.05) is 36.5 Å². The summed E-state index contributed by atoms with van der Waals surface area (Å²) in [5, 5.41) is 3.02. The zero-order valence-electron chi connectivity index (χ0n) is 17.3. The number of rotatable bonds is 0. The summed E-state index contributed by atoms with van der Waals surface area (Å²) in [6, 6.07) is 9.45. The number of ether oxygens (including phenoxy) is 1. The summed E-state index contributed by atoms with van der Waals surface area (Å²) in [5.74, 6) is 0.747. The molecule has 5 nitrogen and oxygen atoms in total. The molecule has 4 atom stereocenters. The molecule has 2 fully saturated rings. The van der Waals surface area contributed by atoms with Gasteiger partial charge in [0.05, 0.1) is 6.61 Å². The van der Waals surface area contributed by atoms with E-state index >= 15 is 0 Å². The number of nitrogens with one attached hydrogen (secondary N) is 1. The smallest absolute Gasteiger partial charge is 0.305 e. The van der Waals surface area contributed by atoms with Crippen LogP contribution >= 0.6 is 12.4 Å². The van der Waals surface area contributed by atoms with Crippen LogP contribution in [-0.2, 0) is 14.3 Å². The Bertz CT molecular complexity index is 709. The second-order valence-electron chi connectivity index (χ2n) is 8.74. The van der Waals surface area contributed by atoms with Crippen molar-refractivity contribution >= 4 is 30.0 Å². The van der Waals surface area contributed by atoms with E-state index in [0.29, 0.717) is 43.4 Å². The van der Waals surface area contributed by atoms with Gasteiger partial charge in [0.25, 0.3) is 0 Å². The molecule has 1 aromatic rings. The molecule has 0 saturated carbocycles. The number of amides is 1. The maximum atomic E-state index is 12.3. The van der Waals surface area contributed by atoms with Gasteiger partial charge >= 0.3 is 5.97 Å². The number of benzene rings is 1. The summed E-state index contributed by atoms with van der Waals surface area (Å²) in [5.41, 5.74) is 2.17. The van der Waals surface area contributed by atoms with E-state index in [1.165, 1.54) is 18.4 Å². The predicted molar refractivity (Wildman–Crippen MR) is 116 cm³/mol. The van der Waals surface area contributed by atoms with Gasteiger partial charge in [-0.3, -0.25) is 9.59 Å². The fourth-order valence-corrected chi connectivity index (χ4v) is 5.39. The number of carbonyl (C=O) groups is 2. The summed E-state index contributed by atoms with van der Waals surface area (Å²) >= 11 is 0. The minimum Gasteiger partial charge on any atom is -0.465 e. The van der Waals surface area contributed by atoms with Gasteiger partial charge in [-0.05, 0) is 62.8 Å². The third-order valence-electron chi connectivity index (χ3n) is 7.03. The van der Waals surface area contributed by atoms with Crippen molar-refractivity contribution in [1.82, 2.24) is 4.90 Å². The van der Waals surface area contributed by atoms with Crippen molar-refractivity contribution in [1.29, 1.82) is 0 Å². The molecule has 0 aromatic heterocycles. The largest absolute Gasteiger partial charge is 0.465 e. The monoisotopic (exact) mass is 420 g/mol. The van der Waals surface area contributed by atoms with E-state index in [1.54, 1.807) is 0 Å². The van der Waals surface area contributed by atoms with E-state index in [-0.39, 0.29) is 24.3 Å². The molecule has 5 rings (SSSR count). The van der Waals surface area contributed by atoms with E-state index in [4.69, 9.17) is 4.74 Å². The van der Waals surface area contributed by atoms with Crippen LogP contribution in [0.5, 0.6) is 0 Å². The van der Waals surface area contributed by atoms with Gasteiger partial charge in [-0.2, -0.15) is 0 Å². The molecule has 1 N–H and O–H groups in total. The number of hydrogen-bond acceptors (Lipinski definition) is 4. The first-order valence-corrected chi connectivity index (χ1v) is 10.9. The van der Waals surface area contributed by atoms with Crippen LogP contribution in [0, 0.1) is 5.92 Å². The highest BCUT2D eigenvalue weighted by Crippen LogP contribution is 2.46. The molecule has 4 bridgehead atoms. The molecule has 4 aliphatic rings. The van der Waals surface area contributed by atoms with Gasteiger partial charge < -0.3 is 15.0 Å². The molecule has 0 spiro atoms. The standard InChI is InChI=1S/C23H32N2O3.ClH/c1-25-18-12-13-21(25)20-15-28-23(27)7-5-3-2-4-6-22(26)24-17-10-8-16(9-11-17)19(20)14-18;/h8-11,18-21H,2-7,12-15H2,1H3,(H,24,26);1H/t18-,19+,20-,21+;/m0./s1. The first kappa shape index (κ1) is 22.1. The summed E-state index contributed by atoms with van der Waals surface area (Å²) in [4.78, 5) is 26.9. The zero-order valence-corrected chi connectivity index (χ0v) is 18.1. The molecule has 1 amide bonds. The molecule has 0 radical (unpaired) electrons. The molecule has 4 aliphatic heterocycles. The first-order chi connectivity index (χ1) is 13.6. The van der Waals surface area contributed by atoms with Crippen LogP contribution in [0.25, 0.3) is 0 Å². The number of halogens is 1. The van der Waals surface area contributed by atoms with Crippen molar-refractivity contribution < 1.29 is 14.3 Å². The van der Waals surface area contributed by atoms with Crippen LogP contribution in [0.1, 0.15) is 69.3 Å². The number of esters is 1. The lowest BCUT2D eigenvalue weighted by molar-refractivity contribution is -0.146. The van der Waals surface area contributed by atoms with Crippen molar-refractivity contribution in [3.63, 3.8) is 0 Å². The van der Waals surface area contributed by atoms with Crippen molar-refractivity contribution in [2.75, 3.05) is 19.0 Å². The summed E-state index contributed by atoms with van der Waals surface area (Å²) < 4.78 is 5.76. The highest BCUT2D eigenvalue weighted by atomic mass is 35.5. The van der Waals surface area contributed by atoms with Gasteiger partial charge in [0.15, 0.2) is 0 Å². The molecule has 160 valence electrons. The van der Waals surface area contributed by atoms with Crippen molar-refractivity contribution in [3.05, 3.63) is 29.8 Å². The van der Waals surface area contributed by atoms with Gasteiger partial charge in [0.2, 0.25) is 5.91 Å². The van der Waals surface area contributed by atoms with E-state index in [1.807, 2.05) is 12.1 Å². The lowest BCUT2D eigenvalue weighted by atomic mass is 9.76. The van der Waals surface area contributed by atoms with Crippen LogP contribution in [0.2, 0.25) is 0 Å². The number of anilines is 1. The van der Waals surface area contributed by atoms with Gasteiger partial charge in [-0.1, -0.05) is 25.0 Å². The fraction of sp³-hybridized carbons (Fsp3) is 0.652. The lowest BCUT2D eigenvalue weighted by Gasteiger charge is -2.43. The van der Waals surface area contributed by atoms with Crippen LogP contribution in [0.3, 0.4) is 0 Å². The molecule has 6 heteroatoms. The number of nitrogens with zero attached hydrogens (tertiary/aromatic N) is 1. The highest BCUT2D eigenvalue weighted by molar-refractivity contribution is 5.90. The van der Waals surface area contributed by atoms with Crippen molar-refractivity contribution in [2.45, 2.75) is 75.8 Å². The maximum absolute atomic E-state index is 12.3. The average molecular weight is 421 g/mol. The van der Waals surface area contributed by atoms with E-state index < -0.39 is 0 Å². The van der Waals surface area contributed by atoms with Gasteiger partial charge in [-0.15, -0.1) is 12.4 Å². The fourth-order valence-electron chi connectivity index (χ4n) is 5.39. The second kappa shape index (κ2) is 9.94. The Balaban J connectivity index is 0.00000240. The molecule has 1 aromatic carbocycles. The molecular weight excluding hydrogens is 388 g/mol. The Labute approximate surface area is 180 Å². The van der Waals surface area contributed by atoms with Gasteiger partial charge in [-0.25, -0.2) is 0 Å². The Morgan fingerprint density at radius 1 is 1.00 bits per heavy atom. The summed E-state index contributed by atoms with van der Waals surface area (Å²) in [7, 11) is 2.22. The second-order valence-corrected chi connectivity index (χ2v) is 8.74. The Morgan fingerprint density at radius 2 is 1.72 bits per heavy atom. The van der Waals surface area contributed by atoms with Gasteiger partial charge in [0.1, 0.15) is 0 Å². The molecule has 2 saturated heterocycles. The van der Waals surface area contributed by atoms with E-state index in [0.717, 1.165) is 37.8 Å². The Kier molecular flexibility index (Phi) is 7.58. The Hall–Kier alpha value is -1.59. The number of fused-ring (bicyclic) bond motifs is 14. The number of hydrogen-bond donors (Lipinski definition) is 1. The zero-order chi connectivity index (χ0) is 19.5. The topological polar surface area (TPSA) is 58.6 Å². The Morgan fingerprint density at radius 3 is 2.48 bits per heavy atom. The molecule has 0 aliphatic carbocycles. The quantitative estimate of drug-likeness (QED) is 0.627. The highest BCUT2D eigenvalue weighted by Gasteiger charge is 2.46. The number of carbonyl (C=O) groups excluding carboxylic acids is 2. The predicted octanol–water partition coefficient (Wildman–Crippen LogP) is 4.51.